The van der Waals surface area contributed by atoms with Crippen molar-refractivity contribution in [3.8, 4) is 0 Å². The van der Waals surface area contributed by atoms with Crippen molar-refractivity contribution in [2.75, 3.05) is 7.11 Å². The van der Waals surface area contributed by atoms with Crippen molar-refractivity contribution in [2.45, 2.75) is 44.7 Å². The molecule has 1 unspecified atom stereocenters. The topological polar surface area (TPSA) is 38.3 Å². The fraction of sp³-hybridized carbons (Fsp3) is 0.533. The summed E-state index contributed by atoms with van der Waals surface area (Å²) < 4.78 is 5.97. The number of carbonyl (C=O) groups is 1. The van der Waals surface area contributed by atoms with Gasteiger partial charge in [-0.25, -0.2) is 0 Å². The Kier molecular flexibility index (Phi) is 4.31. The Morgan fingerprint density at radius 3 is 2.84 bits per heavy atom. The molecule has 1 N–H and O–H groups in total. The lowest BCUT2D eigenvalue weighted by atomic mass is 9.87. The lowest BCUT2D eigenvalue weighted by Gasteiger charge is -2.32. The Labute approximate surface area is 122 Å². The highest BCUT2D eigenvalue weighted by Crippen LogP contribution is 2.25. The molecule has 0 amide bonds. The lowest BCUT2D eigenvalue weighted by Crippen LogP contribution is -2.53. The van der Waals surface area contributed by atoms with E-state index in [1.54, 1.807) is 0 Å². The molecule has 1 atom stereocenters. The number of benzene rings is 1. The summed E-state index contributed by atoms with van der Waals surface area (Å²) in [6, 6.07) is 6.75. The number of ether oxygens (including phenoxy) is 1. The smallest absolute Gasteiger partial charge is 0.325 e. The Morgan fingerprint density at radius 2 is 2.16 bits per heavy atom. The van der Waals surface area contributed by atoms with Gasteiger partial charge >= 0.3 is 5.97 Å². The average molecular weight is 326 g/mol. The minimum Gasteiger partial charge on any atom is -0.468 e. The third-order valence-corrected chi connectivity index (χ3v) is 4.15. The third kappa shape index (κ3) is 3.37. The molecule has 104 valence electrons. The van der Waals surface area contributed by atoms with Gasteiger partial charge in [-0.3, -0.25) is 10.1 Å². The van der Waals surface area contributed by atoms with Gasteiger partial charge < -0.3 is 4.74 Å². The predicted octanol–water partition coefficient (Wildman–Crippen LogP) is 2.85. The number of nitrogens with one attached hydrogen (secondary N) is 1. The maximum absolute atomic E-state index is 11.7. The van der Waals surface area contributed by atoms with Gasteiger partial charge in [0.25, 0.3) is 0 Å². The fourth-order valence-electron chi connectivity index (χ4n) is 2.67. The van der Waals surface area contributed by atoms with Crippen LogP contribution in [-0.4, -0.2) is 24.7 Å². The number of hydrogen-bond donors (Lipinski definition) is 1. The minimum atomic E-state index is -0.633. The number of methoxy groups -OCH3 is 1. The molecule has 3 nitrogen and oxygen atoms in total. The standard InChI is InChI=1S/C15H20BrNO2/c1-15(2,14(18)19-3)17-13-7-5-10-8-12(16)6-4-11(10)9-13/h4,6,8,13,17H,5,7,9H2,1-3H3. The van der Waals surface area contributed by atoms with Crippen LogP contribution >= 0.6 is 15.9 Å². The normalized spacial score (nSPS) is 18.8. The lowest BCUT2D eigenvalue weighted by molar-refractivity contribution is -0.147. The zero-order chi connectivity index (χ0) is 14.0. The van der Waals surface area contributed by atoms with Crippen molar-refractivity contribution < 1.29 is 9.53 Å². The molecule has 2 rings (SSSR count). The first-order valence-corrected chi connectivity index (χ1v) is 7.35. The Bertz CT molecular complexity index is 485. The molecule has 0 saturated carbocycles. The van der Waals surface area contributed by atoms with Crippen LogP contribution in [0.1, 0.15) is 31.4 Å². The van der Waals surface area contributed by atoms with E-state index in [9.17, 15) is 4.79 Å². The Hall–Kier alpha value is -0.870. The molecule has 1 aliphatic rings. The summed E-state index contributed by atoms with van der Waals surface area (Å²) in [6.07, 6.45) is 3.05. The first kappa shape index (κ1) is 14.5. The van der Waals surface area contributed by atoms with E-state index >= 15 is 0 Å². The largest absolute Gasteiger partial charge is 0.468 e. The highest BCUT2D eigenvalue weighted by atomic mass is 79.9. The van der Waals surface area contributed by atoms with Crippen molar-refractivity contribution >= 4 is 21.9 Å². The molecule has 1 aromatic rings. The van der Waals surface area contributed by atoms with E-state index in [-0.39, 0.29) is 5.97 Å². The van der Waals surface area contributed by atoms with Gasteiger partial charge in [0.15, 0.2) is 0 Å². The van der Waals surface area contributed by atoms with E-state index in [2.05, 4.69) is 39.4 Å². The summed E-state index contributed by atoms with van der Waals surface area (Å²) in [6.45, 7) is 3.74. The molecule has 0 bridgehead atoms. The number of rotatable bonds is 3. The van der Waals surface area contributed by atoms with Gasteiger partial charge in [-0.2, -0.15) is 0 Å². The maximum atomic E-state index is 11.7. The van der Waals surface area contributed by atoms with Crippen LogP contribution in [0.15, 0.2) is 22.7 Å². The van der Waals surface area contributed by atoms with Gasteiger partial charge in [0, 0.05) is 10.5 Å². The molecular formula is C15H20BrNO2. The van der Waals surface area contributed by atoms with Crippen LogP contribution < -0.4 is 5.32 Å². The molecule has 0 aromatic heterocycles. The molecule has 0 spiro atoms. The second kappa shape index (κ2) is 5.63. The van der Waals surface area contributed by atoms with Crippen molar-refractivity contribution in [2.24, 2.45) is 0 Å². The van der Waals surface area contributed by atoms with Crippen LogP contribution in [0, 0.1) is 0 Å². The quantitative estimate of drug-likeness (QED) is 0.868. The fourth-order valence-corrected chi connectivity index (χ4v) is 3.08. The molecule has 0 saturated heterocycles. The summed E-state index contributed by atoms with van der Waals surface area (Å²) >= 11 is 3.51. The highest BCUT2D eigenvalue weighted by Gasteiger charge is 2.32. The minimum absolute atomic E-state index is 0.214. The second-order valence-corrected chi connectivity index (χ2v) is 6.53. The van der Waals surface area contributed by atoms with E-state index in [1.165, 1.54) is 18.2 Å². The van der Waals surface area contributed by atoms with E-state index in [1.807, 2.05) is 13.8 Å². The monoisotopic (exact) mass is 325 g/mol. The number of aryl methyl sites for hydroxylation is 1. The molecule has 19 heavy (non-hydrogen) atoms. The highest BCUT2D eigenvalue weighted by molar-refractivity contribution is 9.10. The number of hydrogen-bond acceptors (Lipinski definition) is 3. The van der Waals surface area contributed by atoms with Crippen LogP contribution in [0.2, 0.25) is 0 Å². The van der Waals surface area contributed by atoms with Gasteiger partial charge in [0.1, 0.15) is 5.54 Å². The average Bonchev–Trinajstić information content (AvgIpc) is 2.37. The van der Waals surface area contributed by atoms with Crippen molar-refractivity contribution in [1.82, 2.24) is 5.32 Å². The summed E-state index contributed by atoms with van der Waals surface area (Å²) in [5.74, 6) is -0.214. The van der Waals surface area contributed by atoms with Crippen LogP contribution in [0.4, 0.5) is 0 Å². The number of carbonyl (C=O) groups excluding carboxylic acids is 1. The van der Waals surface area contributed by atoms with Crippen molar-refractivity contribution in [3.05, 3.63) is 33.8 Å². The second-order valence-electron chi connectivity index (χ2n) is 5.61. The molecule has 0 aliphatic heterocycles. The van der Waals surface area contributed by atoms with Crippen LogP contribution in [0.5, 0.6) is 0 Å². The SMILES string of the molecule is COC(=O)C(C)(C)NC1CCc2cc(Br)ccc2C1. The Morgan fingerprint density at radius 1 is 1.42 bits per heavy atom. The number of fused-ring (bicyclic) bond motifs is 1. The van der Waals surface area contributed by atoms with Gasteiger partial charge in [0.05, 0.1) is 7.11 Å². The first-order chi connectivity index (χ1) is 8.92. The number of esters is 1. The van der Waals surface area contributed by atoms with E-state index < -0.39 is 5.54 Å². The van der Waals surface area contributed by atoms with E-state index in [0.717, 1.165) is 23.7 Å². The van der Waals surface area contributed by atoms with Gasteiger partial charge in [-0.1, -0.05) is 22.0 Å². The zero-order valence-corrected chi connectivity index (χ0v) is 13.2. The van der Waals surface area contributed by atoms with Crippen LogP contribution in [0.3, 0.4) is 0 Å². The summed E-state index contributed by atoms with van der Waals surface area (Å²) in [5, 5.41) is 3.42. The molecular weight excluding hydrogens is 306 g/mol. The summed E-state index contributed by atoms with van der Waals surface area (Å²) in [4.78, 5) is 11.7. The van der Waals surface area contributed by atoms with E-state index in [4.69, 9.17) is 4.74 Å². The van der Waals surface area contributed by atoms with Crippen LogP contribution in [0.25, 0.3) is 0 Å². The van der Waals surface area contributed by atoms with Crippen LogP contribution in [-0.2, 0) is 22.4 Å². The molecule has 0 radical (unpaired) electrons. The van der Waals surface area contributed by atoms with Crippen molar-refractivity contribution in [3.63, 3.8) is 0 Å². The molecule has 4 heteroatoms. The summed E-state index contributed by atoms with van der Waals surface area (Å²) in [5.41, 5.74) is 2.14. The van der Waals surface area contributed by atoms with Crippen molar-refractivity contribution in [1.29, 1.82) is 0 Å². The van der Waals surface area contributed by atoms with Gasteiger partial charge in [-0.05, 0) is 56.4 Å². The molecule has 1 aliphatic carbocycles. The Balaban J connectivity index is 2.06. The molecule has 0 fully saturated rings. The molecule has 1 aromatic carbocycles. The first-order valence-electron chi connectivity index (χ1n) is 6.56. The van der Waals surface area contributed by atoms with Gasteiger partial charge in [0.2, 0.25) is 0 Å². The third-order valence-electron chi connectivity index (χ3n) is 3.66. The zero-order valence-electron chi connectivity index (χ0n) is 11.6. The predicted molar refractivity (Wildman–Crippen MR) is 79.2 cm³/mol. The molecule has 0 heterocycles. The number of halogens is 1. The van der Waals surface area contributed by atoms with E-state index in [0.29, 0.717) is 6.04 Å². The summed E-state index contributed by atoms with van der Waals surface area (Å²) in [7, 11) is 1.43. The van der Waals surface area contributed by atoms with Gasteiger partial charge in [-0.15, -0.1) is 0 Å². The maximum Gasteiger partial charge on any atom is 0.325 e.